The summed E-state index contributed by atoms with van der Waals surface area (Å²) in [5.41, 5.74) is 0. The van der Waals surface area contributed by atoms with Crippen molar-refractivity contribution in [1.82, 2.24) is 5.32 Å². The highest BCUT2D eigenvalue weighted by Crippen LogP contribution is 1.99. The minimum Gasteiger partial charge on any atom is -0.449 e. The minimum absolute atomic E-state index is 0.312. The Morgan fingerprint density at radius 1 is 1.55 bits per heavy atom. The average Bonchev–Trinajstić information content (AvgIpc) is 2.01. The maximum absolute atomic E-state index is 10.7. The van der Waals surface area contributed by atoms with Crippen molar-refractivity contribution in [2.75, 3.05) is 13.2 Å². The van der Waals surface area contributed by atoms with E-state index >= 15 is 0 Å². The molecule has 0 saturated carbocycles. The monoisotopic (exact) mass is 159 g/mol. The number of nitrogens with one attached hydrogen (secondary N) is 1. The molecule has 3 heteroatoms. The first-order valence-electron chi connectivity index (χ1n) is 4.11. The van der Waals surface area contributed by atoms with E-state index in [0.29, 0.717) is 19.1 Å². The summed E-state index contributed by atoms with van der Waals surface area (Å²) in [4.78, 5) is 10.7. The number of hydrogen-bond donors (Lipinski definition) is 1. The SMILES string of the molecule is CCNC(=O)OCC(C)CC. The zero-order chi connectivity index (χ0) is 8.69. The standard InChI is InChI=1S/C8H17NO2/c1-4-7(3)6-11-8(10)9-5-2/h7H,4-6H2,1-3H3,(H,9,10). The molecule has 0 aliphatic heterocycles. The molecule has 11 heavy (non-hydrogen) atoms. The summed E-state index contributed by atoms with van der Waals surface area (Å²) in [5.74, 6) is 0.456. The molecule has 0 rings (SSSR count). The van der Waals surface area contributed by atoms with Gasteiger partial charge in [-0.3, -0.25) is 0 Å². The lowest BCUT2D eigenvalue weighted by atomic mass is 10.1. The molecule has 66 valence electrons. The van der Waals surface area contributed by atoms with Crippen molar-refractivity contribution in [3.63, 3.8) is 0 Å². The molecule has 3 nitrogen and oxygen atoms in total. The molecule has 1 atom stereocenters. The smallest absolute Gasteiger partial charge is 0.407 e. The van der Waals surface area contributed by atoms with Crippen molar-refractivity contribution in [2.24, 2.45) is 5.92 Å². The molecule has 0 heterocycles. The van der Waals surface area contributed by atoms with Gasteiger partial charge in [-0.05, 0) is 12.8 Å². The quantitative estimate of drug-likeness (QED) is 0.679. The molecule has 0 bridgehead atoms. The van der Waals surface area contributed by atoms with E-state index in [1.807, 2.05) is 6.92 Å². The fourth-order valence-corrected chi connectivity index (χ4v) is 0.531. The van der Waals surface area contributed by atoms with Gasteiger partial charge in [-0.25, -0.2) is 4.79 Å². The summed E-state index contributed by atoms with van der Waals surface area (Å²) in [7, 11) is 0. The van der Waals surface area contributed by atoms with Crippen LogP contribution in [0.5, 0.6) is 0 Å². The predicted molar refractivity (Wildman–Crippen MR) is 44.5 cm³/mol. The third kappa shape index (κ3) is 5.70. The summed E-state index contributed by atoms with van der Waals surface area (Å²) in [6, 6.07) is 0. The molecule has 0 aromatic carbocycles. The number of amides is 1. The Morgan fingerprint density at radius 2 is 2.18 bits per heavy atom. The minimum atomic E-state index is -0.312. The lowest BCUT2D eigenvalue weighted by molar-refractivity contribution is 0.129. The Bertz CT molecular complexity index is 115. The second-order valence-corrected chi connectivity index (χ2v) is 2.64. The Hall–Kier alpha value is -0.730. The van der Waals surface area contributed by atoms with Gasteiger partial charge in [0, 0.05) is 6.54 Å². The molecule has 1 unspecified atom stereocenters. The first-order chi connectivity index (χ1) is 5.20. The molecule has 1 N–H and O–H groups in total. The van der Waals surface area contributed by atoms with Crippen molar-refractivity contribution in [3.05, 3.63) is 0 Å². The van der Waals surface area contributed by atoms with Crippen LogP contribution in [0.4, 0.5) is 4.79 Å². The molecule has 0 aromatic rings. The van der Waals surface area contributed by atoms with Gasteiger partial charge >= 0.3 is 6.09 Å². The van der Waals surface area contributed by atoms with E-state index in [9.17, 15) is 4.79 Å². The predicted octanol–water partition coefficient (Wildman–Crippen LogP) is 1.78. The summed E-state index contributed by atoms with van der Waals surface area (Å²) in [6.07, 6.45) is 0.729. The topological polar surface area (TPSA) is 38.3 Å². The number of rotatable bonds is 4. The molecule has 0 aliphatic rings. The second-order valence-electron chi connectivity index (χ2n) is 2.64. The molecule has 0 aromatic heterocycles. The van der Waals surface area contributed by atoms with Crippen LogP contribution in [-0.4, -0.2) is 19.2 Å². The number of ether oxygens (including phenoxy) is 1. The van der Waals surface area contributed by atoms with Crippen LogP contribution in [0.15, 0.2) is 0 Å². The third-order valence-corrected chi connectivity index (χ3v) is 1.52. The second kappa shape index (κ2) is 6.01. The van der Waals surface area contributed by atoms with Crippen LogP contribution >= 0.6 is 0 Å². The number of carbonyl (C=O) groups is 1. The van der Waals surface area contributed by atoms with Gasteiger partial charge in [0.25, 0.3) is 0 Å². The summed E-state index contributed by atoms with van der Waals surface area (Å²) in [6.45, 7) is 7.14. The van der Waals surface area contributed by atoms with E-state index in [0.717, 1.165) is 6.42 Å². The maximum atomic E-state index is 10.7. The molecule has 0 aliphatic carbocycles. The average molecular weight is 159 g/mol. The molecule has 0 saturated heterocycles. The number of hydrogen-bond acceptors (Lipinski definition) is 2. The lowest BCUT2D eigenvalue weighted by Gasteiger charge is -2.09. The van der Waals surface area contributed by atoms with E-state index < -0.39 is 0 Å². The summed E-state index contributed by atoms with van der Waals surface area (Å²) >= 11 is 0. The van der Waals surface area contributed by atoms with E-state index in [-0.39, 0.29) is 6.09 Å². The van der Waals surface area contributed by atoms with Gasteiger partial charge in [0.05, 0.1) is 6.61 Å². The van der Waals surface area contributed by atoms with Crippen LogP contribution in [0.1, 0.15) is 27.2 Å². The van der Waals surface area contributed by atoms with Crippen molar-refractivity contribution in [2.45, 2.75) is 27.2 Å². The van der Waals surface area contributed by atoms with Gasteiger partial charge in [-0.15, -0.1) is 0 Å². The first kappa shape index (κ1) is 10.3. The molecule has 0 radical (unpaired) electrons. The highest BCUT2D eigenvalue weighted by atomic mass is 16.5. The van der Waals surface area contributed by atoms with E-state index in [2.05, 4.69) is 19.2 Å². The highest BCUT2D eigenvalue weighted by molar-refractivity contribution is 5.66. The normalized spacial score (nSPS) is 12.3. The van der Waals surface area contributed by atoms with Gasteiger partial charge in [0.15, 0.2) is 0 Å². The highest BCUT2D eigenvalue weighted by Gasteiger charge is 2.02. The van der Waals surface area contributed by atoms with Crippen LogP contribution in [0.25, 0.3) is 0 Å². The fourth-order valence-electron chi connectivity index (χ4n) is 0.531. The van der Waals surface area contributed by atoms with E-state index in [1.165, 1.54) is 0 Å². The molecular formula is C8H17NO2. The lowest BCUT2D eigenvalue weighted by Crippen LogP contribution is -2.25. The summed E-state index contributed by atoms with van der Waals surface area (Å²) in [5, 5.41) is 2.56. The Kier molecular flexibility index (Phi) is 5.61. The van der Waals surface area contributed by atoms with Crippen LogP contribution in [-0.2, 0) is 4.74 Å². The Morgan fingerprint density at radius 3 is 2.64 bits per heavy atom. The van der Waals surface area contributed by atoms with Crippen molar-refractivity contribution in [3.8, 4) is 0 Å². The third-order valence-electron chi connectivity index (χ3n) is 1.52. The summed E-state index contributed by atoms with van der Waals surface area (Å²) < 4.78 is 4.89. The first-order valence-corrected chi connectivity index (χ1v) is 4.11. The van der Waals surface area contributed by atoms with Crippen LogP contribution < -0.4 is 5.32 Å². The van der Waals surface area contributed by atoms with Gasteiger partial charge in [0.2, 0.25) is 0 Å². The molecular weight excluding hydrogens is 142 g/mol. The van der Waals surface area contributed by atoms with Crippen molar-refractivity contribution in [1.29, 1.82) is 0 Å². The van der Waals surface area contributed by atoms with Gasteiger partial charge in [-0.1, -0.05) is 20.3 Å². The number of alkyl carbamates (subject to hydrolysis) is 1. The van der Waals surface area contributed by atoms with Crippen LogP contribution in [0.2, 0.25) is 0 Å². The Balaban J connectivity index is 3.30. The fraction of sp³-hybridized carbons (Fsp3) is 0.875. The van der Waals surface area contributed by atoms with E-state index in [4.69, 9.17) is 4.74 Å². The van der Waals surface area contributed by atoms with Gasteiger partial charge in [-0.2, -0.15) is 0 Å². The maximum Gasteiger partial charge on any atom is 0.407 e. The molecule has 0 fully saturated rings. The Labute approximate surface area is 68.1 Å². The largest absolute Gasteiger partial charge is 0.449 e. The number of carbonyl (C=O) groups excluding carboxylic acids is 1. The molecule has 0 spiro atoms. The van der Waals surface area contributed by atoms with E-state index in [1.54, 1.807) is 0 Å². The van der Waals surface area contributed by atoms with Crippen molar-refractivity contribution < 1.29 is 9.53 Å². The van der Waals surface area contributed by atoms with Gasteiger partial charge < -0.3 is 10.1 Å². The van der Waals surface area contributed by atoms with Crippen LogP contribution in [0.3, 0.4) is 0 Å². The van der Waals surface area contributed by atoms with Crippen molar-refractivity contribution >= 4 is 6.09 Å². The van der Waals surface area contributed by atoms with Gasteiger partial charge in [0.1, 0.15) is 0 Å². The van der Waals surface area contributed by atoms with Crippen LogP contribution in [0, 0.1) is 5.92 Å². The molecule has 1 amide bonds. The zero-order valence-corrected chi connectivity index (χ0v) is 7.52. The zero-order valence-electron chi connectivity index (χ0n) is 7.52.